The molecule has 2 aromatic rings. The van der Waals surface area contributed by atoms with Crippen molar-refractivity contribution in [2.45, 2.75) is 13.0 Å². The Morgan fingerprint density at radius 2 is 2.19 bits per heavy atom. The van der Waals surface area contributed by atoms with Crippen LogP contribution in [0.3, 0.4) is 0 Å². The highest BCUT2D eigenvalue weighted by Gasteiger charge is 2.21. The standard InChI is InChI=1S/C12H13NO3/c1-9(11-4-3-6-16-11)13(2)12(14)10-5-7-15-8-10/h3-9H,1-2H3. The number of nitrogens with zero attached hydrogens (tertiary/aromatic N) is 1. The number of carbonyl (C=O) groups is 1. The van der Waals surface area contributed by atoms with Crippen LogP contribution in [0.4, 0.5) is 0 Å². The number of hydrogen-bond acceptors (Lipinski definition) is 3. The van der Waals surface area contributed by atoms with Crippen molar-refractivity contribution in [3.05, 3.63) is 48.3 Å². The summed E-state index contributed by atoms with van der Waals surface area (Å²) in [7, 11) is 1.74. The first-order valence-corrected chi connectivity index (χ1v) is 5.03. The molecule has 0 N–H and O–H groups in total. The summed E-state index contributed by atoms with van der Waals surface area (Å²) in [6, 6.07) is 5.21. The number of amides is 1. The number of carbonyl (C=O) groups excluding carboxylic acids is 1. The summed E-state index contributed by atoms with van der Waals surface area (Å²) in [5.41, 5.74) is 0.543. The Balaban J connectivity index is 2.14. The van der Waals surface area contributed by atoms with Crippen LogP contribution in [-0.4, -0.2) is 17.9 Å². The van der Waals surface area contributed by atoms with Crippen molar-refractivity contribution in [1.82, 2.24) is 4.90 Å². The molecular formula is C12H13NO3. The maximum absolute atomic E-state index is 12.0. The Morgan fingerprint density at radius 3 is 2.75 bits per heavy atom. The molecule has 0 spiro atoms. The molecule has 0 aliphatic heterocycles. The summed E-state index contributed by atoms with van der Waals surface area (Å²) in [6.45, 7) is 1.91. The van der Waals surface area contributed by atoms with Crippen LogP contribution in [0.15, 0.2) is 45.8 Å². The van der Waals surface area contributed by atoms with Gasteiger partial charge in [-0.2, -0.15) is 0 Å². The molecule has 0 bridgehead atoms. The van der Waals surface area contributed by atoms with E-state index in [0.29, 0.717) is 5.56 Å². The zero-order valence-electron chi connectivity index (χ0n) is 9.21. The van der Waals surface area contributed by atoms with Crippen LogP contribution < -0.4 is 0 Å². The van der Waals surface area contributed by atoms with Crippen molar-refractivity contribution in [3.63, 3.8) is 0 Å². The fourth-order valence-electron chi connectivity index (χ4n) is 1.49. The Kier molecular flexibility index (Phi) is 2.81. The maximum Gasteiger partial charge on any atom is 0.257 e. The van der Waals surface area contributed by atoms with E-state index in [1.54, 1.807) is 24.3 Å². The second-order valence-electron chi connectivity index (χ2n) is 3.62. The normalized spacial score (nSPS) is 12.4. The maximum atomic E-state index is 12.0. The molecule has 2 rings (SSSR count). The lowest BCUT2D eigenvalue weighted by Crippen LogP contribution is -2.29. The Labute approximate surface area is 93.5 Å². The molecular weight excluding hydrogens is 206 g/mol. The van der Waals surface area contributed by atoms with Crippen LogP contribution in [0.1, 0.15) is 29.1 Å². The summed E-state index contributed by atoms with van der Waals surface area (Å²) < 4.78 is 10.2. The highest BCUT2D eigenvalue weighted by molar-refractivity contribution is 5.93. The topological polar surface area (TPSA) is 46.6 Å². The Morgan fingerprint density at radius 1 is 1.38 bits per heavy atom. The summed E-state index contributed by atoms with van der Waals surface area (Å²) in [5.74, 6) is 0.678. The van der Waals surface area contributed by atoms with Gasteiger partial charge in [0.15, 0.2) is 0 Å². The first-order chi connectivity index (χ1) is 7.70. The van der Waals surface area contributed by atoms with Gasteiger partial charge in [-0.1, -0.05) is 0 Å². The number of hydrogen-bond donors (Lipinski definition) is 0. The van der Waals surface area contributed by atoms with Gasteiger partial charge < -0.3 is 13.7 Å². The lowest BCUT2D eigenvalue weighted by molar-refractivity contribution is 0.0725. The molecule has 0 radical (unpaired) electrons. The van der Waals surface area contributed by atoms with Crippen LogP contribution >= 0.6 is 0 Å². The molecule has 1 amide bonds. The van der Waals surface area contributed by atoms with E-state index < -0.39 is 0 Å². The third-order valence-corrected chi connectivity index (χ3v) is 2.62. The van der Waals surface area contributed by atoms with Crippen molar-refractivity contribution >= 4 is 5.91 Å². The van der Waals surface area contributed by atoms with Crippen LogP contribution in [0, 0.1) is 0 Å². The quantitative estimate of drug-likeness (QED) is 0.797. The first-order valence-electron chi connectivity index (χ1n) is 5.03. The predicted octanol–water partition coefficient (Wildman–Crippen LogP) is 2.71. The van der Waals surface area contributed by atoms with E-state index in [1.165, 1.54) is 12.5 Å². The summed E-state index contributed by atoms with van der Waals surface area (Å²) >= 11 is 0. The van der Waals surface area contributed by atoms with E-state index in [-0.39, 0.29) is 11.9 Å². The van der Waals surface area contributed by atoms with E-state index in [2.05, 4.69) is 0 Å². The first kappa shape index (κ1) is 10.5. The third kappa shape index (κ3) is 1.86. The Bertz CT molecular complexity index is 445. The highest BCUT2D eigenvalue weighted by atomic mass is 16.3. The molecule has 84 valence electrons. The van der Waals surface area contributed by atoms with Crippen molar-refractivity contribution in [2.24, 2.45) is 0 Å². The minimum Gasteiger partial charge on any atom is -0.472 e. The van der Waals surface area contributed by atoms with E-state index in [4.69, 9.17) is 8.83 Å². The monoisotopic (exact) mass is 219 g/mol. The van der Waals surface area contributed by atoms with Gasteiger partial charge in [-0.15, -0.1) is 0 Å². The molecule has 0 saturated carbocycles. The van der Waals surface area contributed by atoms with E-state index in [9.17, 15) is 4.79 Å². The fourth-order valence-corrected chi connectivity index (χ4v) is 1.49. The second-order valence-corrected chi connectivity index (χ2v) is 3.62. The molecule has 0 aliphatic rings. The van der Waals surface area contributed by atoms with E-state index in [1.807, 2.05) is 19.1 Å². The van der Waals surface area contributed by atoms with Crippen molar-refractivity contribution in [3.8, 4) is 0 Å². The van der Waals surface area contributed by atoms with Gasteiger partial charge in [0.25, 0.3) is 5.91 Å². The van der Waals surface area contributed by atoms with Gasteiger partial charge in [-0.05, 0) is 25.1 Å². The molecule has 16 heavy (non-hydrogen) atoms. The van der Waals surface area contributed by atoms with Gasteiger partial charge in [-0.25, -0.2) is 0 Å². The molecule has 2 aromatic heterocycles. The van der Waals surface area contributed by atoms with E-state index in [0.717, 1.165) is 5.76 Å². The second kappa shape index (κ2) is 4.26. The minimum absolute atomic E-state index is 0.0855. The van der Waals surface area contributed by atoms with Gasteiger partial charge >= 0.3 is 0 Å². The SMILES string of the molecule is CC(c1ccco1)N(C)C(=O)c1ccoc1. The number of furan rings is 2. The molecule has 4 nitrogen and oxygen atoms in total. The zero-order chi connectivity index (χ0) is 11.5. The lowest BCUT2D eigenvalue weighted by atomic mass is 10.2. The predicted molar refractivity (Wildman–Crippen MR) is 57.9 cm³/mol. The molecule has 4 heteroatoms. The largest absolute Gasteiger partial charge is 0.472 e. The molecule has 0 aliphatic carbocycles. The van der Waals surface area contributed by atoms with Gasteiger partial charge in [0, 0.05) is 7.05 Å². The number of rotatable bonds is 3. The highest BCUT2D eigenvalue weighted by Crippen LogP contribution is 2.20. The summed E-state index contributed by atoms with van der Waals surface area (Å²) in [6.07, 6.45) is 4.52. The minimum atomic E-state index is -0.0996. The molecule has 2 heterocycles. The molecule has 1 atom stereocenters. The van der Waals surface area contributed by atoms with Crippen LogP contribution in [0.5, 0.6) is 0 Å². The van der Waals surface area contributed by atoms with Crippen LogP contribution in [0.2, 0.25) is 0 Å². The average Bonchev–Trinajstić information content (AvgIpc) is 2.97. The molecule has 0 aromatic carbocycles. The lowest BCUT2D eigenvalue weighted by Gasteiger charge is -2.22. The van der Waals surface area contributed by atoms with Crippen molar-refractivity contribution in [1.29, 1.82) is 0 Å². The zero-order valence-corrected chi connectivity index (χ0v) is 9.21. The Hall–Kier alpha value is -1.97. The van der Waals surface area contributed by atoms with Crippen molar-refractivity contribution < 1.29 is 13.6 Å². The van der Waals surface area contributed by atoms with Crippen LogP contribution in [0.25, 0.3) is 0 Å². The average molecular weight is 219 g/mol. The summed E-state index contributed by atoms with van der Waals surface area (Å²) in [5, 5.41) is 0. The molecule has 0 fully saturated rings. The molecule has 1 unspecified atom stereocenters. The van der Waals surface area contributed by atoms with Crippen molar-refractivity contribution in [2.75, 3.05) is 7.05 Å². The van der Waals surface area contributed by atoms with Gasteiger partial charge in [0.1, 0.15) is 12.0 Å². The van der Waals surface area contributed by atoms with Gasteiger partial charge in [-0.3, -0.25) is 4.79 Å². The summed E-state index contributed by atoms with van der Waals surface area (Å²) in [4.78, 5) is 13.6. The molecule has 0 saturated heterocycles. The fraction of sp³-hybridized carbons (Fsp3) is 0.250. The van der Waals surface area contributed by atoms with E-state index >= 15 is 0 Å². The van der Waals surface area contributed by atoms with Gasteiger partial charge in [0.05, 0.1) is 24.1 Å². The van der Waals surface area contributed by atoms with Gasteiger partial charge in [0.2, 0.25) is 0 Å². The third-order valence-electron chi connectivity index (χ3n) is 2.62. The van der Waals surface area contributed by atoms with Crippen LogP contribution in [-0.2, 0) is 0 Å². The smallest absolute Gasteiger partial charge is 0.257 e.